The molecule has 82 valence electrons. The molecule has 0 rings (SSSR count). The Hall–Kier alpha value is -1.14. The van der Waals surface area contributed by atoms with Crippen molar-refractivity contribution in [2.45, 2.75) is 13.0 Å². The van der Waals surface area contributed by atoms with Crippen molar-refractivity contribution in [2.24, 2.45) is 5.73 Å². The lowest BCUT2D eigenvalue weighted by molar-refractivity contribution is -0.119. The average molecular weight is 202 g/mol. The Labute approximate surface area is 83.8 Å². The van der Waals surface area contributed by atoms with E-state index in [2.05, 4.69) is 5.32 Å². The van der Waals surface area contributed by atoms with Crippen LogP contribution in [0.3, 0.4) is 0 Å². The Morgan fingerprint density at radius 2 is 2.00 bits per heavy atom. The van der Waals surface area contributed by atoms with E-state index in [0.29, 0.717) is 12.6 Å². The Kier molecular flexibility index (Phi) is 5.82. The second kappa shape index (κ2) is 6.33. The van der Waals surface area contributed by atoms with Crippen molar-refractivity contribution in [3.63, 3.8) is 0 Å². The highest BCUT2D eigenvalue weighted by Gasteiger charge is 2.06. The fourth-order valence-electron chi connectivity index (χ4n) is 0.759. The number of imide groups is 1. The van der Waals surface area contributed by atoms with Gasteiger partial charge < -0.3 is 16.0 Å². The highest BCUT2D eigenvalue weighted by Crippen LogP contribution is 1.87. The maximum atomic E-state index is 10.9. The van der Waals surface area contributed by atoms with Gasteiger partial charge in [0.15, 0.2) is 0 Å². The fourth-order valence-corrected chi connectivity index (χ4v) is 0.759. The number of primary amides is 1. The van der Waals surface area contributed by atoms with Crippen molar-refractivity contribution >= 4 is 11.9 Å². The number of carbonyl (C=O) groups excluding carboxylic acids is 2. The van der Waals surface area contributed by atoms with E-state index in [1.165, 1.54) is 0 Å². The van der Waals surface area contributed by atoms with E-state index in [1.54, 1.807) is 0 Å². The van der Waals surface area contributed by atoms with Crippen LogP contribution in [0.15, 0.2) is 0 Å². The zero-order valence-corrected chi connectivity index (χ0v) is 8.83. The molecule has 0 aliphatic heterocycles. The molecule has 0 saturated heterocycles. The summed E-state index contributed by atoms with van der Waals surface area (Å²) in [4.78, 5) is 23.2. The molecule has 3 amide bonds. The third-order valence-electron chi connectivity index (χ3n) is 1.87. The van der Waals surface area contributed by atoms with Crippen LogP contribution in [0.4, 0.5) is 4.79 Å². The molecule has 0 heterocycles. The number of nitrogens with two attached hydrogens (primary N) is 1. The van der Waals surface area contributed by atoms with Gasteiger partial charge in [-0.15, -0.1) is 0 Å². The molecule has 1 atom stereocenters. The van der Waals surface area contributed by atoms with Gasteiger partial charge >= 0.3 is 6.03 Å². The topological polar surface area (TPSA) is 87.5 Å². The minimum atomic E-state index is -0.822. The predicted molar refractivity (Wildman–Crippen MR) is 53.7 cm³/mol. The number of nitrogens with one attached hydrogen (secondary N) is 2. The summed E-state index contributed by atoms with van der Waals surface area (Å²) in [5, 5.41) is 4.88. The maximum absolute atomic E-state index is 10.9. The molecule has 0 aromatic heterocycles. The Morgan fingerprint density at radius 3 is 2.43 bits per heavy atom. The largest absolute Gasteiger partial charge is 0.351 e. The number of hydrogen-bond acceptors (Lipinski definition) is 4. The van der Waals surface area contributed by atoms with Crippen LogP contribution in [0.25, 0.3) is 0 Å². The molecule has 0 fully saturated rings. The van der Waals surface area contributed by atoms with Gasteiger partial charge in [0.1, 0.15) is 0 Å². The van der Waals surface area contributed by atoms with Gasteiger partial charge in [-0.05, 0) is 21.0 Å². The van der Waals surface area contributed by atoms with Crippen LogP contribution in [0.1, 0.15) is 6.92 Å². The Balaban J connectivity index is 3.54. The average Bonchev–Trinajstić information content (AvgIpc) is 2.02. The third-order valence-corrected chi connectivity index (χ3v) is 1.87. The van der Waals surface area contributed by atoms with E-state index in [0.717, 1.165) is 0 Å². The first-order valence-corrected chi connectivity index (χ1v) is 4.40. The van der Waals surface area contributed by atoms with Gasteiger partial charge in [-0.2, -0.15) is 0 Å². The normalized spacial score (nSPS) is 12.6. The SMILES string of the molecule is CC(CNCC(=O)NC(N)=O)N(C)C. The van der Waals surface area contributed by atoms with E-state index < -0.39 is 11.9 Å². The summed E-state index contributed by atoms with van der Waals surface area (Å²) in [5.41, 5.74) is 4.77. The van der Waals surface area contributed by atoms with E-state index >= 15 is 0 Å². The predicted octanol–water partition coefficient (Wildman–Crippen LogP) is -1.28. The zero-order valence-electron chi connectivity index (χ0n) is 8.83. The van der Waals surface area contributed by atoms with Gasteiger partial charge in [-0.25, -0.2) is 4.79 Å². The molecule has 0 bridgehead atoms. The van der Waals surface area contributed by atoms with Crippen molar-refractivity contribution in [3.8, 4) is 0 Å². The number of amides is 3. The summed E-state index contributed by atoms with van der Waals surface area (Å²) in [7, 11) is 3.91. The number of nitrogens with zero attached hydrogens (tertiary/aromatic N) is 1. The van der Waals surface area contributed by atoms with Crippen molar-refractivity contribution in [2.75, 3.05) is 27.2 Å². The summed E-state index contributed by atoms with van der Waals surface area (Å²) in [6, 6.07) is -0.492. The molecule has 0 radical (unpaired) electrons. The molecule has 0 spiro atoms. The first-order valence-electron chi connectivity index (χ1n) is 4.40. The molecule has 0 aromatic carbocycles. The molecule has 14 heavy (non-hydrogen) atoms. The van der Waals surface area contributed by atoms with Crippen LogP contribution in [-0.2, 0) is 4.79 Å². The van der Waals surface area contributed by atoms with Crippen LogP contribution < -0.4 is 16.4 Å². The lowest BCUT2D eigenvalue weighted by atomic mass is 10.3. The van der Waals surface area contributed by atoms with Gasteiger partial charge in [-0.1, -0.05) is 0 Å². The van der Waals surface area contributed by atoms with Crippen molar-refractivity contribution in [1.29, 1.82) is 0 Å². The van der Waals surface area contributed by atoms with Crippen molar-refractivity contribution in [3.05, 3.63) is 0 Å². The first kappa shape index (κ1) is 12.9. The summed E-state index contributed by atoms with van der Waals surface area (Å²) in [5.74, 6) is -0.413. The van der Waals surface area contributed by atoms with Crippen LogP contribution in [0.2, 0.25) is 0 Å². The van der Waals surface area contributed by atoms with Gasteiger partial charge in [-0.3, -0.25) is 10.1 Å². The molecule has 6 nitrogen and oxygen atoms in total. The van der Waals surface area contributed by atoms with Crippen LogP contribution >= 0.6 is 0 Å². The summed E-state index contributed by atoms with van der Waals surface area (Å²) in [6.07, 6.45) is 0. The van der Waals surface area contributed by atoms with Crippen molar-refractivity contribution in [1.82, 2.24) is 15.5 Å². The van der Waals surface area contributed by atoms with Crippen LogP contribution in [0.5, 0.6) is 0 Å². The van der Waals surface area contributed by atoms with Gasteiger partial charge in [0.05, 0.1) is 6.54 Å². The number of urea groups is 1. The number of rotatable bonds is 5. The van der Waals surface area contributed by atoms with E-state index in [4.69, 9.17) is 5.73 Å². The second-order valence-corrected chi connectivity index (χ2v) is 3.36. The highest BCUT2D eigenvalue weighted by molar-refractivity contribution is 5.94. The first-order chi connectivity index (χ1) is 6.43. The molecular weight excluding hydrogens is 184 g/mol. The lowest BCUT2D eigenvalue weighted by Gasteiger charge is -2.19. The lowest BCUT2D eigenvalue weighted by Crippen LogP contribution is -2.43. The number of likely N-dealkylation sites (N-methyl/N-ethyl adjacent to an activating group) is 1. The van der Waals surface area contributed by atoms with Gasteiger partial charge in [0, 0.05) is 12.6 Å². The van der Waals surface area contributed by atoms with Crippen LogP contribution in [0, 0.1) is 0 Å². The minimum absolute atomic E-state index is 0.0983. The zero-order chi connectivity index (χ0) is 11.1. The molecule has 0 aliphatic carbocycles. The summed E-state index contributed by atoms with van der Waals surface area (Å²) in [6.45, 7) is 2.80. The smallest absolute Gasteiger partial charge is 0.318 e. The third kappa shape index (κ3) is 6.38. The molecule has 6 heteroatoms. The quantitative estimate of drug-likeness (QED) is 0.518. The number of carbonyl (C=O) groups is 2. The molecule has 0 aromatic rings. The molecular formula is C8H18N4O2. The molecule has 0 aliphatic rings. The molecule has 4 N–H and O–H groups in total. The summed E-state index contributed by atoms with van der Waals surface area (Å²) < 4.78 is 0. The van der Waals surface area contributed by atoms with E-state index in [9.17, 15) is 9.59 Å². The second-order valence-electron chi connectivity index (χ2n) is 3.36. The van der Waals surface area contributed by atoms with Gasteiger partial charge in [0.2, 0.25) is 5.91 Å². The van der Waals surface area contributed by atoms with Crippen LogP contribution in [-0.4, -0.2) is 50.1 Å². The van der Waals surface area contributed by atoms with Crippen molar-refractivity contribution < 1.29 is 9.59 Å². The fraction of sp³-hybridized carbons (Fsp3) is 0.750. The molecule has 0 saturated carbocycles. The monoisotopic (exact) mass is 202 g/mol. The van der Waals surface area contributed by atoms with Gasteiger partial charge in [0.25, 0.3) is 0 Å². The van der Waals surface area contributed by atoms with E-state index in [-0.39, 0.29) is 6.54 Å². The Bertz CT molecular complexity index is 206. The maximum Gasteiger partial charge on any atom is 0.318 e. The summed E-state index contributed by atoms with van der Waals surface area (Å²) >= 11 is 0. The standard InChI is InChI=1S/C8H18N4O2/c1-6(12(2)3)4-10-5-7(13)11-8(9)14/h6,10H,4-5H2,1-3H3,(H3,9,11,13,14). The Morgan fingerprint density at radius 1 is 1.43 bits per heavy atom. The molecule has 1 unspecified atom stereocenters. The minimum Gasteiger partial charge on any atom is -0.351 e. The highest BCUT2D eigenvalue weighted by atomic mass is 16.2. The van der Waals surface area contributed by atoms with E-state index in [1.807, 2.05) is 31.2 Å². The number of hydrogen-bond donors (Lipinski definition) is 3.